The van der Waals surface area contributed by atoms with Crippen LogP contribution in [0.15, 0.2) is 53.4 Å². The lowest BCUT2D eigenvalue weighted by Gasteiger charge is -2.04. The number of halogens is 1. The Morgan fingerprint density at radius 2 is 1.90 bits per heavy atom. The molecular formula is C17H17FOS. The highest BCUT2D eigenvalue weighted by atomic mass is 32.2. The molecule has 0 saturated heterocycles. The summed E-state index contributed by atoms with van der Waals surface area (Å²) in [5.41, 5.74) is 1.95. The van der Waals surface area contributed by atoms with E-state index in [-0.39, 0.29) is 11.6 Å². The zero-order chi connectivity index (χ0) is 14.4. The Morgan fingerprint density at radius 1 is 1.15 bits per heavy atom. The van der Waals surface area contributed by atoms with Crippen LogP contribution in [0.25, 0.3) is 0 Å². The highest BCUT2D eigenvalue weighted by Gasteiger charge is 2.07. The molecule has 2 aromatic carbocycles. The van der Waals surface area contributed by atoms with Gasteiger partial charge >= 0.3 is 0 Å². The lowest BCUT2D eigenvalue weighted by Crippen LogP contribution is -2.03. The molecule has 2 aromatic rings. The van der Waals surface area contributed by atoms with Crippen molar-refractivity contribution in [2.75, 3.05) is 5.75 Å². The molecule has 2 rings (SSSR count). The molecule has 104 valence electrons. The molecule has 1 nitrogen and oxygen atoms in total. The molecule has 0 radical (unpaired) electrons. The first-order valence-electron chi connectivity index (χ1n) is 6.69. The van der Waals surface area contributed by atoms with E-state index in [0.29, 0.717) is 5.75 Å². The van der Waals surface area contributed by atoms with Gasteiger partial charge in [0.25, 0.3) is 0 Å². The van der Waals surface area contributed by atoms with Crippen LogP contribution in [0.5, 0.6) is 0 Å². The number of benzene rings is 2. The van der Waals surface area contributed by atoms with Crippen LogP contribution in [0.2, 0.25) is 0 Å². The van der Waals surface area contributed by atoms with E-state index in [0.717, 1.165) is 23.3 Å². The Kier molecular flexibility index (Phi) is 5.36. The minimum atomic E-state index is -0.257. The molecular weight excluding hydrogens is 271 g/mol. The van der Waals surface area contributed by atoms with Crippen LogP contribution >= 0.6 is 11.8 Å². The molecule has 0 aromatic heterocycles. The highest BCUT2D eigenvalue weighted by Crippen LogP contribution is 2.20. The van der Waals surface area contributed by atoms with Gasteiger partial charge in [-0.25, -0.2) is 4.39 Å². The first-order valence-corrected chi connectivity index (χ1v) is 7.68. The molecule has 0 spiro atoms. The Morgan fingerprint density at radius 3 is 2.60 bits per heavy atom. The summed E-state index contributed by atoms with van der Waals surface area (Å²) in [5, 5.41) is 0. The monoisotopic (exact) mass is 288 g/mol. The number of hydrogen-bond acceptors (Lipinski definition) is 2. The van der Waals surface area contributed by atoms with Crippen molar-refractivity contribution in [2.24, 2.45) is 0 Å². The van der Waals surface area contributed by atoms with Crippen molar-refractivity contribution < 1.29 is 9.18 Å². The topological polar surface area (TPSA) is 17.1 Å². The van der Waals surface area contributed by atoms with Crippen molar-refractivity contribution in [3.63, 3.8) is 0 Å². The molecule has 0 fully saturated rings. The first-order chi connectivity index (χ1) is 9.69. The van der Waals surface area contributed by atoms with Crippen LogP contribution in [0.4, 0.5) is 4.39 Å². The van der Waals surface area contributed by atoms with Crippen molar-refractivity contribution >= 4 is 17.5 Å². The molecule has 20 heavy (non-hydrogen) atoms. The van der Waals surface area contributed by atoms with Gasteiger partial charge in [-0.2, -0.15) is 0 Å². The van der Waals surface area contributed by atoms with Crippen LogP contribution in [0.1, 0.15) is 29.3 Å². The van der Waals surface area contributed by atoms with Gasteiger partial charge in [0, 0.05) is 10.5 Å². The van der Waals surface area contributed by atoms with Gasteiger partial charge in [0.05, 0.1) is 5.75 Å². The fraction of sp³-hybridized carbons (Fsp3) is 0.235. The second kappa shape index (κ2) is 7.25. The Hall–Kier alpha value is -1.61. The Bertz CT molecular complexity index is 578. The van der Waals surface area contributed by atoms with Gasteiger partial charge in [0.15, 0.2) is 5.78 Å². The lowest BCUT2D eigenvalue weighted by molar-refractivity contribution is 0.102. The smallest absolute Gasteiger partial charge is 0.173 e. The third-order valence-corrected chi connectivity index (χ3v) is 3.98. The van der Waals surface area contributed by atoms with Gasteiger partial charge in [-0.05, 0) is 42.3 Å². The molecule has 0 N–H and O–H groups in total. The maximum Gasteiger partial charge on any atom is 0.173 e. The SMILES string of the molecule is CCCc1cccc(C(=O)CSc2ccc(F)cc2)c1. The molecule has 0 unspecified atom stereocenters. The average Bonchev–Trinajstić information content (AvgIpc) is 2.47. The second-order valence-electron chi connectivity index (χ2n) is 4.62. The van der Waals surface area contributed by atoms with E-state index in [1.165, 1.54) is 29.5 Å². The maximum absolute atomic E-state index is 12.8. The summed E-state index contributed by atoms with van der Waals surface area (Å²) in [6, 6.07) is 14.0. The van der Waals surface area contributed by atoms with E-state index < -0.39 is 0 Å². The van der Waals surface area contributed by atoms with Crippen molar-refractivity contribution in [1.82, 2.24) is 0 Å². The minimum Gasteiger partial charge on any atom is -0.293 e. The summed E-state index contributed by atoms with van der Waals surface area (Å²) in [7, 11) is 0. The normalized spacial score (nSPS) is 10.5. The molecule has 0 bridgehead atoms. The second-order valence-corrected chi connectivity index (χ2v) is 5.66. The van der Waals surface area contributed by atoms with Crippen molar-refractivity contribution in [3.8, 4) is 0 Å². The van der Waals surface area contributed by atoms with Gasteiger partial charge in [0.2, 0.25) is 0 Å². The molecule has 0 aliphatic carbocycles. The number of carbonyl (C=O) groups is 1. The lowest BCUT2D eigenvalue weighted by atomic mass is 10.1. The van der Waals surface area contributed by atoms with Gasteiger partial charge in [0.1, 0.15) is 5.82 Å². The fourth-order valence-corrected chi connectivity index (χ4v) is 2.74. The fourth-order valence-electron chi connectivity index (χ4n) is 1.95. The summed E-state index contributed by atoms with van der Waals surface area (Å²) in [6.45, 7) is 2.12. The highest BCUT2D eigenvalue weighted by molar-refractivity contribution is 8.00. The largest absolute Gasteiger partial charge is 0.293 e. The third kappa shape index (κ3) is 4.20. The van der Waals surface area contributed by atoms with Gasteiger partial charge in [-0.3, -0.25) is 4.79 Å². The van der Waals surface area contributed by atoms with E-state index >= 15 is 0 Å². The zero-order valence-corrected chi connectivity index (χ0v) is 12.3. The van der Waals surface area contributed by atoms with Crippen LogP contribution in [-0.4, -0.2) is 11.5 Å². The molecule has 0 aliphatic heterocycles. The van der Waals surface area contributed by atoms with Crippen LogP contribution < -0.4 is 0 Å². The number of thioether (sulfide) groups is 1. The van der Waals surface area contributed by atoms with Crippen molar-refractivity contribution in [2.45, 2.75) is 24.7 Å². The number of rotatable bonds is 6. The molecule has 0 aliphatic rings. The summed E-state index contributed by atoms with van der Waals surface area (Å²) < 4.78 is 12.8. The van der Waals surface area contributed by atoms with Crippen LogP contribution in [0, 0.1) is 5.82 Å². The van der Waals surface area contributed by atoms with Crippen LogP contribution in [0.3, 0.4) is 0 Å². The quantitative estimate of drug-likeness (QED) is 0.563. The summed E-state index contributed by atoms with van der Waals surface area (Å²) in [5.74, 6) is 0.228. The van der Waals surface area contributed by atoms with Crippen LogP contribution in [-0.2, 0) is 6.42 Å². The third-order valence-electron chi connectivity index (χ3n) is 2.97. The van der Waals surface area contributed by atoms with Crippen molar-refractivity contribution in [1.29, 1.82) is 0 Å². The summed E-state index contributed by atoms with van der Waals surface area (Å²) in [4.78, 5) is 13.1. The maximum atomic E-state index is 12.8. The van der Waals surface area contributed by atoms with Crippen molar-refractivity contribution in [3.05, 3.63) is 65.5 Å². The molecule has 0 saturated carbocycles. The number of aryl methyl sites for hydroxylation is 1. The molecule has 0 heterocycles. The van der Waals surface area contributed by atoms with E-state index in [4.69, 9.17) is 0 Å². The zero-order valence-electron chi connectivity index (χ0n) is 11.4. The van der Waals surface area contributed by atoms with E-state index in [1.807, 2.05) is 24.3 Å². The minimum absolute atomic E-state index is 0.109. The van der Waals surface area contributed by atoms with Gasteiger partial charge in [-0.1, -0.05) is 31.5 Å². The number of ketones is 1. The number of hydrogen-bond donors (Lipinski definition) is 0. The first kappa shape index (κ1) is 14.8. The molecule has 0 amide bonds. The van der Waals surface area contributed by atoms with E-state index in [9.17, 15) is 9.18 Å². The Labute approximate surface area is 123 Å². The Balaban J connectivity index is 1.97. The predicted molar refractivity (Wildman–Crippen MR) is 81.9 cm³/mol. The van der Waals surface area contributed by atoms with Gasteiger partial charge in [-0.15, -0.1) is 11.8 Å². The summed E-state index contributed by atoms with van der Waals surface area (Å²) in [6.07, 6.45) is 2.06. The van der Waals surface area contributed by atoms with E-state index in [2.05, 4.69) is 6.92 Å². The standard InChI is InChI=1S/C17H17FOS/c1-2-4-13-5-3-6-14(11-13)17(19)12-20-16-9-7-15(18)8-10-16/h3,5-11H,2,4,12H2,1H3. The average molecular weight is 288 g/mol. The molecule has 3 heteroatoms. The number of Topliss-reactive ketones (excluding diaryl/α,β-unsaturated/α-hetero) is 1. The summed E-state index contributed by atoms with van der Waals surface area (Å²) >= 11 is 1.44. The van der Waals surface area contributed by atoms with Gasteiger partial charge < -0.3 is 0 Å². The van der Waals surface area contributed by atoms with E-state index in [1.54, 1.807) is 12.1 Å². The number of carbonyl (C=O) groups excluding carboxylic acids is 1. The molecule has 0 atom stereocenters. The predicted octanol–water partition coefficient (Wildman–Crippen LogP) is 4.75.